The Morgan fingerprint density at radius 1 is 0.622 bits per heavy atom. The van der Waals surface area contributed by atoms with Crippen LogP contribution in [0.5, 0.6) is 0 Å². The molecule has 4 aromatic carbocycles. The maximum absolute atomic E-state index is 14.7. The summed E-state index contributed by atoms with van der Waals surface area (Å²) in [5, 5.41) is 0. The molecule has 0 spiro atoms. The number of allylic oxidation sites excluding steroid dienone is 1. The molecule has 0 aliphatic heterocycles. The van der Waals surface area contributed by atoms with E-state index in [9.17, 15) is 17.6 Å². The Bertz CT molecular complexity index is 1530. The van der Waals surface area contributed by atoms with Crippen molar-refractivity contribution in [2.45, 2.75) is 19.8 Å². The molecule has 0 aromatic heterocycles. The third-order valence-electron chi connectivity index (χ3n) is 5.71. The van der Waals surface area contributed by atoms with E-state index in [1.807, 2.05) is 19.1 Å². The van der Waals surface area contributed by atoms with Crippen LogP contribution in [0.1, 0.15) is 39.8 Å². The fourth-order valence-electron chi connectivity index (χ4n) is 3.67. The molecule has 0 aliphatic rings. The monoisotopic (exact) mass is 494 g/mol. The van der Waals surface area contributed by atoms with Crippen LogP contribution in [0.25, 0.3) is 11.1 Å². The van der Waals surface area contributed by atoms with Crippen molar-refractivity contribution < 1.29 is 17.6 Å². The molecule has 0 amide bonds. The normalized spacial score (nSPS) is 10.2. The fourth-order valence-corrected chi connectivity index (χ4v) is 3.67. The van der Waals surface area contributed by atoms with Crippen LogP contribution in [0.3, 0.4) is 0 Å². The third-order valence-corrected chi connectivity index (χ3v) is 5.71. The van der Waals surface area contributed by atoms with E-state index < -0.39 is 23.3 Å². The zero-order chi connectivity index (χ0) is 26.4. The third kappa shape index (κ3) is 6.37. The first-order valence-electron chi connectivity index (χ1n) is 11.6. The largest absolute Gasteiger partial charge is 0.206 e. The molecule has 0 bridgehead atoms. The van der Waals surface area contributed by atoms with Crippen molar-refractivity contribution in [1.82, 2.24) is 0 Å². The van der Waals surface area contributed by atoms with Crippen LogP contribution in [0.15, 0.2) is 85.5 Å². The van der Waals surface area contributed by atoms with Crippen molar-refractivity contribution in [3.8, 4) is 34.8 Å². The smallest absolute Gasteiger partial charge is 0.142 e. The summed E-state index contributed by atoms with van der Waals surface area (Å²) in [4.78, 5) is 0. The lowest BCUT2D eigenvalue weighted by atomic mass is 10.0. The lowest BCUT2D eigenvalue weighted by Gasteiger charge is -2.05. The molecule has 0 heterocycles. The molecule has 37 heavy (non-hydrogen) atoms. The van der Waals surface area contributed by atoms with Gasteiger partial charge in [0.2, 0.25) is 0 Å². The molecule has 182 valence electrons. The molecule has 0 saturated heterocycles. The molecule has 0 unspecified atom stereocenters. The Morgan fingerprint density at radius 2 is 1.08 bits per heavy atom. The van der Waals surface area contributed by atoms with Gasteiger partial charge in [0, 0.05) is 11.1 Å². The summed E-state index contributed by atoms with van der Waals surface area (Å²) in [6.45, 7) is 5.55. The summed E-state index contributed by atoms with van der Waals surface area (Å²) >= 11 is 0. The second-order valence-corrected chi connectivity index (χ2v) is 8.52. The average Bonchev–Trinajstić information content (AvgIpc) is 2.88. The summed E-state index contributed by atoms with van der Waals surface area (Å²) in [5.74, 6) is 7.67. The lowest BCUT2D eigenvalue weighted by molar-refractivity contribution is 0.573. The zero-order valence-corrected chi connectivity index (χ0v) is 20.1. The molecular formula is C33H22F4. The van der Waals surface area contributed by atoms with Gasteiger partial charge < -0.3 is 0 Å². The van der Waals surface area contributed by atoms with Gasteiger partial charge in [0.05, 0.1) is 11.1 Å². The van der Waals surface area contributed by atoms with Crippen molar-refractivity contribution in [2.75, 3.05) is 0 Å². The number of aryl methyl sites for hydroxylation is 2. The van der Waals surface area contributed by atoms with Crippen LogP contribution in [-0.2, 0) is 6.42 Å². The van der Waals surface area contributed by atoms with Gasteiger partial charge >= 0.3 is 0 Å². The second kappa shape index (κ2) is 11.5. The topological polar surface area (TPSA) is 0 Å². The van der Waals surface area contributed by atoms with E-state index in [-0.39, 0.29) is 11.1 Å². The lowest BCUT2D eigenvalue weighted by Crippen LogP contribution is -1.95. The van der Waals surface area contributed by atoms with Crippen molar-refractivity contribution in [3.05, 3.63) is 142 Å². The minimum atomic E-state index is -0.763. The molecule has 4 rings (SSSR count). The van der Waals surface area contributed by atoms with Gasteiger partial charge in [-0.1, -0.05) is 59.6 Å². The number of hydrogen-bond acceptors (Lipinski definition) is 0. The van der Waals surface area contributed by atoms with Crippen molar-refractivity contribution in [2.24, 2.45) is 0 Å². The van der Waals surface area contributed by atoms with E-state index in [2.05, 4.69) is 30.3 Å². The SMILES string of the molecule is C=CCCc1cc(F)c(C#Cc2ccc(-c3cc(F)c(C#Cc4ccc(C)cc4)c(F)c3)cc2)c(F)c1. The molecule has 0 aliphatic carbocycles. The van der Waals surface area contributed by atoms with Gasteiger partial charge in [0.25, 0.3) is 0 Å². The highest BCUT2D eigenvalue weighted by molar-refractivity contribution is 5.66. The first-order chi connectivity index (χ1) is 17.8. The average molecular weight is 495 g/mol. The van der Waals surface area contributed by atoms with Crippen LogP contribution in [0.4, 0.5) is 17.6 Å². The Hall–Kier alpha value is -4.54. The van der Waals surface area contributed by atoms with Gasteiger partial charge in [0.15, 0.2) is 0 Å². The Morgan fingerprint density at radius 3 is 1.57 bits per heavy atom. The van der Waals surface area contributed by atoms with Crippen LogP contribution < -0.4 is 0 Å². The van der Waals surface area contributed by atoms with Crippen LogP contribution in [-0.4, -0.2) is 0 Å². The highest BCUT2D eigenvalue weighted by Crippen LogP contribution is 2.25. The van der Waals surface area contributed by atoms with Crippen molar-refractivity contribution in [1.29, 1.82) is 0 Å². The summed E-state index contributed by atoms with van der Waals surface area (Å²) < 4.78 is 58.1. The van der Waals surface area contributed by atoms with Crippen LogP contribution in [0, 0.1) is 53.9 Å². The van der Waals surface area contributed by atoms with E-state index in [0.29, 0.717) is 40.7 Å². The number of benzene rings is 4. The standard InChI is InChI=1S/C33H22F4/c1-3-4-5-25-18-30(34)28(31(35)19-25)16-13-24-10-14-26(15-11-24)27-20-32(36)29(33(37)21-27)17-12-23-8-6-22(2)7-9-23/h3,6-11,14-15,18-21H,1,4-5H2,2H3. The molecule has 0 nitrogen and oxygen atoms in total. The maximum Gasteiger partial charge on any atom is 0.142 e. The Balaban J connectivity index is 1.54. The van der Waals surface area contributed by atoms with Gasteiger partial charge in [-0.25, -0.2) is 17.6 Å². The van der Waals surface area contributed by atoms with E-state index in [1.54, 1.807) is 42.5 Å². The molecule has 4 aromatic rings. The highest BCUT2D eigenvalue weighted by Gasteiger charge is 2.11. The van der Waals surface area contributed by atoms with E-state index in [0.717, 1.165) is 5.56 Å². The Labute approximate surface area is 214 Å². The minimum Gasteiger partial charge on any atom is -0.206 e. The highest BCUT2D eigenvalue weighted by atomic mass is 19.1. The predicted octanol–water partition coefficient (Wildman–Crippen LogP) is 8.14. The van der Waals surface area contributed by atoms with Gasteiger partial charge in [-0.3, -0.25) is 0 Å². The second-order valence-electron chi connectivity index (χ2n) is 8.52. The maximum atomic E-state index is 14.7. The molecule has 4 heteroatoms. The summed E-state index contributed by atoms with van der Waals surface area (Å²) in [6.07, 6.45) is 2.80. The molecule has 0 radical (unpaired) electrons. The number of rotatable bonds is 4. The van der Waals surface area contributed by atoms with Crippen LogP contribution >= 0.6 is 0 Å². The first kappa shape index (κ1) is 25.5. The number of halogens is 4. The quantitative estimate of drug-likeness (QED) is 0.153. The van der Waals surface area contributed by atoms with E-state index in [1.165, 1.54) is 24.3 Å². The molecule has 0 atom stereocenters. The summed E-state index contributed by atoms with van der Waals surface area (Å²) in [7, 11) is 0. The van der Waals surface area contributed by atoms with Crippen molar-refractivity contribution in [3.63, 3.8) is 0 Å². The van der Waals surface area contributed by atoms with Gasteiger partial charge in [0.1, 0.15) is 23.3 Å². The molecule has 0 N–H and O–H groups in total. The fraction of sp³-hybridized carbons (Fsp3) is 0.0909. The van der Waals surface area contributed by atoms with Crippen LogP contribution in [0.2, 0.25) is 0 Å². The molecule has 0 fully saturated rings. The molecule has 0 saturated carbocycles. The Kier molecular flexibility index (Phi) is 7.92. The van der Waals surface area contributed by atoms with Gasteiger partial charge in [-0.2, -0.15) is 0 Å². The first-order valence-corrected chi connectivity index (χ1v) is 11.6. The summed E-state index contributed by atoms with van der Waals surface area (Å²) in [6, 6.07) is 18.9. The van der Waals surface area contributed by atoms with Gasteiger partial charge in [-0.15, -0.1) is 6.58 Å². The van der Waals surface area contributed by atoms with Crippen molar-refractivity contribution >= 4 is 0 Å². The predicted molar refractivity (Wildman–Crippen MR) is 140 cm³/mol. The summed E-state index contributed by atoms with van der Waals surface area (Å²) in [5.41, 5.74) is 3.05. The van der Waals surface area contributed by atoms with Gasteiger partial charge in [-0.05, 0) is 85.0 Å². The van der Waals surface area contributed by atoms with E-state index >= 15 is 0 Å². The zero-order valence-electron chi connectivity index (χ0n) is 20.1. The molecular weight excluding hydrogens is 472 g/mol. The minimum absolute atomic E-state index is 0.300. The number of hydrogen-bond donors (Lipinski definition) is 0. The van der Waals surface area contributed by atoms with E-state index in [4.69, 9.17) is 0 Å².